The molecule has 0 radical (unpaired) electrons. The molecule has 1 fully saturated rings. The summed E-state index contributed by atoms with van der Waals surface area (Å²) >= 11 is 0. The van der Waals surface area contributed by atoms with E-state index in [-0.39, 0.29) is 12.0 Å². The molecule has 0 aliphatic heterocycles. The molecule has 100 valence electrons. The van der Waals surface area contributed by atoms with Crippen LogP contribution in [-0.2, 0) is 9.53 Å². The summed E-state index contributed by atoms with van der Waals surface area (Å²) < 4.78 is 5.10. The fourth-order valence-corrected chi connectivity index (χ4v) is 2.26. The molecule has 1 rings (SSSR count). The second-order valence-electron chi connectivity index (χ2n) is 5.02. The lowest BCUT2D eigenvalue weighted by atomic mass is 9.92. The van der Waals surface area contributed by atoms with Crippen LogP contribution in [0.3, 0.4) is 0 Å². The molecule has 0 spiro atoms. The molecule has 17 heavy (non-hydrogen) atoms. The fourth-order valence-electron chi connectivity index (χ4n) is 2.26. The van der Waals surface area contributed by atoms with E-state index < -0.39 is 11.5 Å². The van der Waals surface area contributed by atoms with Crippen molar-refractivity contribution in [1.29, 1.82) is 0 Å². The second-order valence-corrected chi connectivity index (χ2v) is 5.02. The number of ether oxygens (including phenoxy) is 1. The van der Waals surface area contributed by atoms with Gasteiger partial charge in [0.15, 0.2) is 0 Å². The molecule has 5 nitrogen and oxygen atoms in total. The summed E-state index contributed by atoms with van der Waals surface area (Å²) in [5.74, 6) is -0.499. The summed E-state index contributed by atoms with van der Waals surface area (Å²) in [6.45, 7) is 3.16. The Morgan fingerprint density at radius 2 is 2.24 bits per heavy atom. The maximum Gasteiger partial charge on any atom is 0.325 e. The molecule has 0 bridgehead atoms. The summed E-state index contributed by atoms with van der Waals surface area (Å²) in [5, 5.41) is 12.5. The van der Waals surface area contributed by atoms with Crippen LogP contribution in [0.1, 0.15) is 19.8 Å². The topological polar surface area (TPSA) is 61.8 Å². The first-order chi connectivity index (χ1) is 7.97. The van der Waals surface area contributed by atoms with Gasteiger partial charge in [0.25, 0.3) is 0 Å². The molecule has 0 aromatic carbocycles. The van der Waals surface area contributed by atoms with Crippen LogP contribution in [0.4, 0.5) is 0 Å². The van der Waals surface area contributed by atoms with E-state index in [4.69, 9.17) is 4.74 Å². The van der Waals surface area contributed by atoms with Crippen LogP contribution in [0.5, 0.6) is 0 Å². The van der Waals surface area contributed by atoms with Gasteiger partial charge in [-0.3, -0.25) is 9.69 Å². The van der Waals surface area contributed by atoms with Gasteiger partial charge in [0.1, 0.15) is 5.54 Å². The van der Waals surface area contributed by atoms with E-state index >= 15 is 0 Å². The van der Waals surface area contributed by atoms with Gasteiger partial charge < -0.3 is 15.2 Å². The van der Waals surface area contributed by atoms with Crippen molar-refractivity contribution in [2.24, 2.45) is 5.92 Å². The van der Waals surface area contributed by atoms with Crippen LogP contribution in [0.2, 0.25) is 0 Å². The number of hydrogen-bond acceptors (Lipinski definition) is 4. The molecular weight excluding hydrogens is 220 g/mol. The van der Waals surface area contributed by atoms with Gasteiger partial charge in [-0.15, -0.1) is 0 Å². The van der Waals surface area contributed by atoms with Crippen LogP contribution in [0, 0.1) is 5.92 Å². The van der Waals surface area contributed by atoms with Crippen molar-refractivity contribution in [3.05, 3.63) is 0 Å². The highest BCUT2D eigenvalue weighted by Crippen LogP contribution is 2.40. The number of likely N-dealkylation sites (N-methyl/N-ethyl adjacent to an activating group) is 2. The standard InChI is InChI=1S/C12H24N2O3/c1-9(7-17-4)14(3)8-12(13-2,11(15)16)10-5-6-10/h9-10,13H,5-8H2,1-4H3,(H,15,16). The maximum atomic E-state index is 11.5. The third kappa shape index (κ3) is 3.18. The van der Waals surface area contributed by atoms with Gasteiger partial charge in [-0.1, -0.05) is 0 Å². The van der Waals surface area contributed by atoms with Crippen LogP contribution >= 0.6 is 0 Å². The molecule has 1 aliphatic carbocycles. The minimum absolute atomic E-state index is 0.214. The molecule has 1 saturated carbocycles. The van der Waals surface area contributed by atoms with E-state index in [0.29, 0.717) is 13.2 Å². The Morgan fingerprint density at radius 1 is 1.65 bits per heavy atom. The van der Waals surface area contributed by atoms with Crippen LogP contribution in [0.15, 0.2) is 0 Å². The number of hydrogen-bond donors (Lipinski definition) is 2. The SMILES string of the molecule is CNC(CN(C)C(C)COC)(C(=O)O)C1CC1. The Morgan fingerprint density at radius 3 is 2.59 bits per heavy atom. The summed E-state index contributed by atoms with van der Waals surface area (Å²) in [6, 6.07) is 0.214. The fraction of sp³-hybridized carbons (Fsp3) is 0.917. The van der Waals surface area contributed by atoms with E-state index in [2.05, 4.69) is 5.32 Å². The average molecular weight is 244 g/mol. The van der Waals surface area contributed by atoms with Gasteiger partial charge in [-0.05, 0) is 39.8 Å². The second kappa shape index (κ2) is 5.80. The van der Waals surface area contributed by atoms with E-state index in [1.165, 1.54) is 0 Å². The lowest BCUT2D eigenvalue weighted by molar-refractivity contribution is -0.147. The number of carboxylic acids is 1. The Balaban J connectivity index is 2.69. The van der Waals surface area contributed by atoms with Crippen LogP contribution in [0.25, 0.3) is 0 Å². The van der Waals surface area contributed by atoms with Crippen molar-refractivity contribution in [2.75, 3.05) is 34.4 Å². The van der Waals surface area contributed by atoms with E-state index in [9.17, 15) is 9.90 Å². The quantitative estimate of drug-likeness (QED) is 0.647. The first-order valence-corrected chi connectivity index (χ1v) is 6.09. The zero-order valence-electron chi connectivity index (χ0n) is 11.2. The molecule has 0 heterocycles. The van der Waals surface area contributed by atoms with E-state index in [0.717, 1.165) is 12.8 Å². The summed E-state index contributed by atoms with van der Waals surface area (Å²) in [4.78, 5) is 13.6. The van der Waals surface area contributed by atoms with Crippen LogP contribution in [-0.4, -0.2) is 61.9 Å². The molecule has 1 aliphatic rings. The Kier molecular flexibility index (Phi) is 4.91. The van der Waals surface area contributed by atoms with Gasteiger partial charge in [0, 0.05) is 19.7 Å². The molecule has 0 aromatic rings. The van der Waals surface area contributed by atoms with Crippen molar-refractivity contribution >= 4 is 5.97 Å². The molecule has 2 unspecified atom stereocenters. The number of carboxylic acid groups (broad SMARTS) is 1. The third-order valence-corrected chi connectivity index (χ3v) is 3.76. The molecule has 5 heteroatoms. The number of carbonyl (C=O) groups is 1. The van der Waals surface area contributed by atoms with Crippen molar-refractivity contribution in [2.45, 2.75) is 31.3 Å². The summed E-state index contributed by atoms with van der Waals surface area (Å²) in [6.07, 6.45) is 2.00. The number of aliphatic carboxylic acids is 1. The molecule has 2 atom stereocenters. The minimum Gasteiger partial charge on any atom is -0.480 e. The van der Waals surface area contributed by atoms with Crippen molar-refractivity contribution in [1.82, 2.24) is 10.2 Å². The Hall–Kier alpha value is -0.650. The Bertz CT molecular complexity index is 268. The van der Waals surface area contributed by atoms with Gasteiger partial charge in [0.05, 0.1) is 6.61 Å². The predicted molar refractivity (Wildman–Crippen MR) is 66.1 cm³/mol. The molecule has 0 saturated heterocycles. The van der Waals surface area contributed by atoms with Crippen molar-refractivity contribution in [3.8, 4) is 0 Å². The summed E-state index contributed by atoms with van der Waals surface area (Å²) in [7, 11) is 5.34. The first kappa shape index (κ1) is 14.4. The van der Waals surface area contributed by atoms with Gasteiger partial charge in [0.2, 0.25) is 0 Å². The molecule has 2 N–H and O–H groups in total. The van der Waals surface area contributed by atoms with E-state index in [1.807, 2.05) is 18.9 Å². The molecule has 0 amide bonds. The highest BCUT2D eigenvalue weighted by molar-refractivity contribution is 5.80. The number of nitrogens with zero attached hydrogens (tertiary/aromatic N) is 1. The predicted octanol–water partition coefficient (Wildman–Crippen LogP) is 0.406. The monoisotopic (exact) mass is 244 g/mol. The zero-order chi connectivity index (χ0) is 13.1. The average Bonchev–Trinajstić information content (AvgIpc) is 3.09. The zero-order valence-corrected chi connectivity index (χ0v) is 11.2. The lowest BCUT2D eigenvalue weighted by Crippen LogP contribution is -2.60. The van der Waals surface area contributed by atoms with Gasteiger partial charge in [-0.2, -0.15) is 0 Å². The van der Waals surface area contributed by atoms with E-state index in [1.54, 1.807) is 14.2 Å². The molecule has 0 aromatic heterocycles. The van der Waals surface area contributed by atoms with Crippen LogP contribution < -0.4 is 5.32 Å². The van der Waals surface area contributed by atoms with Gasteiger partial charge in [-0.25, -0.2) is 0 Å². The number of methoxy groups -OCH3 is 1. The number of rotatable bonds is 8. The first-order valence-electron chi connectivity index (χ1n) is 6.09. The van der Waals surface area contributed by atoms with Gasteiger partial charge >= 0.3 is 5.97 Å². The highest BCUT2D eigenvalue weighted by atomic mass is 16.5. The largest absolute Gasteiger partial charge is 0.480 e. The lowest BCUT2D eigenvalue weighted by Gasteiger charge is -2.36. The van der Waals surface area contributed by atoms with Crippen molar-refractivity contribution in [3.63, 3.8) is 0 Å². The van der Waals surface area contributed by atoms with Crippen molar-refractivity contribution < 1.29 is 14.6 Å². The maximum absolute atomic E-state index is 11.5. The highest BCUT2D eigenvalue weighted by Gasteiger charge is 2.51. The third-order valence-electron chi connectivity index (χ3n) is 3.76. The Labute approximate surface area is 103 Å². The smallest absolute Gasteiger partial charge is 0.325 e. The number of nitrogens with one attached hydrogen (secondary N) is 1. The minimum atomic E-state index is -0.809. The normalized spacial score (nSPS) is 21.2. The molecular formula is C12H24N2O3. The summed E-state index contributed by atoms with van der Waals surface area (Å²) in [5.41, 5.74) is -0.809.